The van der Waals surface area contributed by atoms with Crippen LogP contribution in [0.2, 0.25) is 0 Å². The number of carboxylic acid groups (broad SMARTS) is 1. The molecule has 1 aromatic carbocycles. The van der Waals surface area contributed by atoms with Gasteiger partial charge in [0.25, 0.3) is 0 Å². The minimum atomic E-state index is -0.923. The lowest BCUT2D eigenvalue weighted by atomic mass is 9.98. The first-order valence-electron chi connectivity index (χ1n) is 8.91. The van der Waals surface area contributed by atoms with E-state index in [1.165, 1.54) is 11.3 Å². The van der Waals surface area contributed by atoms with E-state index < -0.39 is 11.9 Å². The molecular weight excluding hydrogens is 374 g/mol. The van der Waals surface area contributed by atoms with Gasteiger partial charge in [0.1, 0.15) is 5.01 Å². The topological polar surface area (TPSA) is 92.2 Å². The number of pyridine rings is 1. The number of nitrogens with zero attached hydrogens (tertiary/aromatic N) is 2. The quantitative estimate of drug-likeness (QED) is 0.611. The second-order valence-electron chi connectivity index (χ2n) is 6.59. The van der Waals surface area contributed by atoms with Crippen LogP contribution < -0.4 is 5.32 Å². The first-order chi connectivity index (χ1) is 13.5. The molecule has 0 bridgehead atoms. The van der Waals surface area contributed by atoms with Crippen molar-refractivity contribution in [3.63, 3.8) is 0 Å². The van der Waals surface area contributed by atoms with Crippen molar-refractivity contribution in [3.8, 4) is 10.6 Å². The van der Waals surface area contributed by atoms with Gasteiger partial charge in [-0.2, -0.15) is 0 Å². The number of hydrogen-bond acceptors (Lipinski definition) is 5. The molecule has 2 N–H and O–H groups in total. The number of hydrogen-bond donors (Lipinski definition) is 2. The third kappa shape index (κ3) is 5.47. The second-order valence-corrected chi connectivity index (χ2v) is 7.45. The van der Waals surface area contributed by atoms with Crippen LogP contribution in [0, 0.1) is 12.8 Å². The number of aliphatic carboxylic acids is 1. The van der Waals surface area contributed by atoms with Crippen molar-refractivity contribution in [2.45, 2.75) is 19.8 Å². The highest BCUT2D eigenvalue weighted by atomic mass is 32.1. The maximum Gasteiger partial charge on any atom is 0.308 e. The Hall–Kier alpha value is -3.06. The fourth-order valence-corrected chi connectivity index (χ4v) is 3.54. The Labute approximate surface area is 167 Å². The Bertz CT molecular complexity index is 939. The summed E-state index contributed by atoms with van der Waals surface area (Å²) in [6, 6.07) is 11.5. The zero-order valence-corrected chi connectivity index (χ0v) is 16.3. The minimum Gasteiger partial charge on any atom is -0.481 e. The summed E-state index contributed by atoms with van der Waals surface area (Å²) in [6.07, 6.45) is 3.91. The van der Waals surface area contributed by atoms with Crippen molar-refractivity contribution in [1.29, 1.82) is 0 Å². The van der Waals surface area contributed by atoms with Gasteiger partial charge < -0.3 is 10.4 Å². The van der Waals surface area contributed by atoms with Gasteiger partial charge in [0, 0.05) is 29.9 Å². The fourth-order valence-electron chi connectivity index (χ4n) is 2.73. The summed E-state index contributed by atoms with van der Waals surface area (Å²) >= 11 is 1.45. The molecule has 0 saturated heterocycles. The van der Waals surface area contributed by atoms with Gasteiger partial charge in [-0.05, 0) is 31.0 Å². The average Bonchev–Trinajstić information content (AvgIpc) is 3.15. The van der Waals surface area contributed by atoms with Crippen LogP contribution in [0.3, 0.4) is 0 Å². The normalized spacial score (nSPS) is 11.8. The van der Waals surface area contributed by atoms with E-state index in [0.717, 1.165) is 21.7 Å². The predicted molar refractivity (Wildman–Crippen MR) is 108 cm³/mol. The molecular formula is C21H21N3O3S. The van der Waals surface area contributed by atoms with Crippen LogP contribution in [0.1, 0.15) is 16.8 Å². The Morgan fingerprint density at radius 3 is 2.68 bits per heavy atom. The van der Waals surface area contributed by atoms with E-state index in [0.29, 0.717) is 12.1 Å². The molecule has 2 aromatic heterocycles. The van der Waals surface area contributed by atoms with Crippen LogP contribution in [0.5, 0.6) is 0 Å². The number of thiazole rings is 1. The Balaban J connectivity index is 1.54. The number of benzene rings is 1. The van der Waals surface area contributed by atoms with Gasteiger partial charge in [0.2, 0.25) is 5.91 Å². The van der Waals surface area contributed by atoms with Crippen LogP contribution >= 0.6 is 11.3 Å². The lowest BCUT2D eigenvalue weighted by Crippen LogP contribution is -2.35. The molecule has 0 fully saturated rings. The smallest absolute Gasteiger partial charge is 0.308 e. The van der Waals surface area contributed by atoms with Crippen molar-refractivity contribution in [1.82, 2.24) is 15.3 Å². The van der Waals surface area contributed by atoms with Crippen LogP contribution in [0.4, 0.5) is 0 Å². The number of carboxylic acids is 1. The van der Waals surface area contributed by atoms with E-state index in [-0.39, 0.29) is 18.9 Å². The van der Waals surface area contributed by atoms with Crippen molar-refractivity contribution in [2.75, 3.05) is 6.54 Å². The summed E-state index contributed by atoms with van der Waals surface area (Å²) < 4.78 is 0. The molecule has 3 rings (SSSR count). The van der Waals surface area contributed by atoms with Crippen molar-refractivity contribution < 1.29 is 14.7 Å². The molecule has 6 nitrogen and oxygen atoms in total. The molecule has 0 aliphatic carbocycles. The number of aromatic nitrogens is 2. The van der Waals surface area contributed by atoms with Gasteiger partial charge in [-0.1, -0.05) is 29.8 Å². The van der Waals surface area contributed by atoms with E-state index in [1.807, 2.05) is 48.7 Å². The fraction of sp³-hybridized carbons (Fsp3) is 0.238. The highest BCUT2D eigenvalue weighted by Crippen LogP contribution is 2.22. The number of carbonyl (C=O) groups excluding carboxylic acids is 1. The van der Waals surface area contributed by atoms with E-state index >= 15 is 0 Å². The number of aryl methyl sites for hydroxylation is 1. The number of amides is 1. The van der Waals surface area contributed by atoms with Crippen LogP contribution in [-0.2, 0) is 22.4 Å². The summed E-state index contributed by atoms with van der Waals surface area (Å²) in [6.45, 7) is 2.07. The highest BCUT2D eigenvalue weighted by molar-refractivity contribution is 7.13. The Morgan fingerprint density at radius 1 is 1.21 bits per heavy atom. The summed E-state index contributed by atoms with van der Waals surface area (Å²) in [5.74, 6) is -1.83. The number of carbonyl (C=O) groups is 2. The van der Waals surface area contributed by atoms with Gasteiger partial charge in [-0.3, -0.25) is 14.6 Å². The van der Waals surface area contributed by atoms with Crippen LogP contribution in [0.25, 0.3) is 10.6 Å². The molecule has 28 heavy (non-hydrogen) atoms. The number of rotatable bonds is 8. The molecule has 144 valence electrons. The molecule has 0 radical (unpaired) electrons. The Kier molecular flexibility index (Phi) is 6.49. The van der Waals surface area contributed by atoms with Gasteiger partial charge in [0.05, 0.1) is 18.0 Å². The summed E-state index contributed by atoms with van der Waals surface area (Å²) in [4.78, 5) is 32.3. The zero-order valence-electron chi connectivity index (χ0n) is 15.5. The van der Waals surface area contributed by atoms with Gasteiger partial charge >= 0.3 is 5.97 Å². The first-order valence-corrected chi connectivity index (χ1v) is 9.79. The second kappa shape index (κ2) is 9.23. The van der Waals surface area contributed by atoms with E-state index in [1.54, 1.807) is 12.4 Å². The SMILES string of the molecule is Cc1ccc(C[C@H](CNC(=O)Cc2csc(-c3cccnc3)n2)C(=O)O)cc1. The summed E-state index contributed by atoms with van der Waals surface area (Å²) in [5, 5.41) is 14.8. The van der Waals surface area contributed by atoms with E-state index in [9.17, 15) is 14.7 Å². The average molecular weight is 395 g/mol. The predicted octanol–water partition coefficient (Wildman–Crippen LogP) is 3.12. The third-order valence-corrected chi connectivity index (χ3v) is 5.24. The minimum absolute atomic E-state index is 0.0850. The molecule has 0 unspecified atom stereocenters. The Morgan fingerprint density at radius 2 is 2.00 bits per heavy atom. The monoisotopic (exact) mass is 395 g/mol. The van der Waals surface area contributed by atoms with E-state index in [4.69, 9.17) is 0 Å². The van der Waals surface area contributed by atoms with Gasteiger partial charge in [0.15, 0.2) is 0 Å². The third-order valence-electron chi connectivity index (χ3n) is 4.30. The maximum absolute atomic E-state index is 12.2. The molecule has 0 aliphatic rings. The van der Waals surface area contributed by atoms with Gasteiger partial charge in [-0.25, -0.2) is 4.98 Å². The molecule has 1 atom stereocenters. The molecule has 0 spiro atoms. The van der Waals surface area contributed by atoms with Crippen molar-refractivity contribution in [2.24, 2.45) is 5.92 Å². The first kappa shape index (κ1) is 19.7. The molecule has 3 aromatic rings. The molecule has 0 saturated carbocycles. The molecule has 7 heteroatoms. The lowest BCUT2D eigenvalue weighted by molar-refractivity contribution is -0.141. The highest BCUT2D eigenvalue weighted by Gasteiger charge is 2.19. The van der Waals surface area contributed by atoms with Gasteiger partial charge in [-0.15, -0.1) is 11.3 Å². The molecule has 1 amide bonds. The van der Waals surface area contributed by atoms with Crippen molar-refractivity contribution >= 4 is 23.2 Å². The van der Waals surface area contributed by atoms with Crippen molar-refractivity contribution in [3.05, 3.63) is 71.0 Å². The molecule has 0 aliphatic heterocycles. The zero-order chi connectivity index (χ0) is 19.9. The summed E-state index contributed by atoms with van der Waals surface area (Å²) in [7, 11) is 0. The summed E-state index contributed by atoms with van der Waals surface area (Å²) in [5.41, 5.74) is 3.63. The number of nitrogens with one attached hydrogen (secondary N) is 1. The largest absolute Gasteiger partial charge is 0.481 e. The lowest BCUT2D eigenvalue weighted by Gasteiger charge is -2.13. The van der Waals surface area contributed by atoms with E-state index in [2.05, 4.69) is 15.3 Å². The standard InChI is InChI=1S/C21H21N3O3S/c1-14-4-6-15(7-5-14)9-17(21(26)27)12-23-19(25)10-18-13-28-20(24-18)16-3-2-8-22-11-16/h2-8,11,13,17H,9-10,12H2,1H3,(H,23,25)(H,26,27)/t17-/m1/s1. The van der Waals surface area contributed by atoms with Crippen LogP contribution in [0.15, 0.2) is 54.2 Å². The molecule has 2 heterocycles. The maximum atomic E-state index is 12.2. The van der Waals surface area contributed by atoms with Crippen LogP contribution in [-0.4, -0.2) is 33.5 Å².